The van der Waals surface area contributed by atoms with Crippen molar-refractivity contribution in [1.82, 2.24) is 20.0 Å². The summed E-state index contributed by atoms with van der Waals surface area (Å²) in [5.41, 5.74) is -2.13. The molecule has 0 spiro atoms. The van der Waals surface area contributed by atoms with Gasteiger partial charge in [0.25, 0.3) is 11.1 Å². The predicted octanol–water partition coefficient (Wildman–Crippen LogP) is 5.15. The van der Waals surface area contributed by atoms with Crippen molar-refractivity contribution in [1.29, 1.82) is 0 Å². The number of imide groups is 1. The summed E-state index contributed by atoms with van der Waals surface area (Å²) in [7, 11) is 0. The van der Waals surface area contributed by atoms with E-state index in [9.17, 15) is 35.9 Å². The summed E-state index contributed by atoms with van der Waals surface area (Å²) in [5.74, 6) is -0.435. The quantitative estimate of drug-likeness (QED) is 0.338. The Kier molecular flexibility index (Phi) is 7.20. The molecule has 2 aliphatic heterocycles. The van der Waals surface area contributed by atoms with Crippen molar-refractivity contribution < 1.29 is 40.7 Å². The molecule has 5 rings (SSSR count). The minimum atomic E-state index is -4.99. The second kappa shape index (κ2) is 10.3. The van der Waals surface area contributed by atoms with Crippen LogP contribution in [0, 0.1) is 0 Å². The highest BCUT2D eigenvalue weighted by Gasteiger charge is 2.39. The largest absolute Gasteiger partial charge is 0.416 e. The van der Waals surface area contributed by atoms with Crippen LogP contribution in [0.25, 0.3) is 17.0 Å². The molecule has 0 bridgehead atoms. The predicted molar refractivity (Wildman–Crippen MR) is 131 cm³/mol. The molecule has 206 valence electrons. The maximum absolute atomic E-state index is 13.6. The lowest BCUT2D eigenvalue weighted by atomic mass is 10.0. The number of carbonyl (C=O) groups excluding carboxylic acids is 2. The number of nitrogens with one attached hydrogen (secondary N) is 1. The molecule has 0 aliphatic carbocycles. The highest BCUT2D eigenvalue weighted by atomic mass is 32.2. The van der Waals surface area contributed by atoms with Crippen LogP contribution in [0.1, 0.15) is 22.3 Å². The molecule has 1 atom stereocenters. The summed E-state index contributed by atoms with van der Waals surface area (Å²) >= 11 is 0.807. The first-order valence-electron chi connectivity index (χ1n) is 11.7. The summed E-state index contributed by atoms with van der Waals surface area (Å²) < 4.78 is 86.2. The van der Waals surface area contributed by atoms with E-state index in [0.717, 1.165) is 22.7 Å². The van der Waals surface area contributed by atoms with E-state index in [4.69, 9.17) is 4.74 Å². The Morgan fingerprint density at radius 3 is 2.56 bits per heavy atom. The maximum Gasteiger partial charge on any atom is 0.416 e. The number of nitrogens with zero attached hydrogens (tertiary/aromatic N) is 3. The summed E-state index contributed by atoms with van der Waals surface area (Å²) in [5, 5.41) is 7.44. The summed E-state index contributed by atoms with van der Waals surface area (Å²) in [4.78, 5) is 26.6. The second-order valence-electron chi connectivity index (χ2n) is 9.01. The Morgan fingerprint density at radius 2 is 1.87 bits per heavy atom. The molecule has 0 unspecified atom stereocenters. The molecule has 2 aliphatic rings. The van der Waals surface area contributed by atoms with Crippen LogP contribution < -0.4 is 5.32 Å². The topological polar surface area (TPSA) is 76.5 Å². The molecular formula is C25H20F6N4O3S. The van der Waals surface area contributed by atoms with Crippen molar-refractivity contribution in [3.8, 4) is 0 Å². The van der Waals surface area contributed by atoms with Crippen molar-refractivity contribution in [3.05, 3.63) is 69.8 Å². The molecular weight excluding hydrogens is 550 g/mol. The molecule has 2 saturated heterocycles. The van der Waals surface area contributed by atoms with Crippen LogP contribution in [-0.4, -0.2) is 58.2 Å². The Labute approximate surface area is 221 Å². The number of thioether (sulfide) groups is 1. The number of fused-ring (bicyclic) bond motifs is 1. The number of hydrogen-bond donors (Lipinski definition) is 1. The molecule has 1 N–H and O–H groups in total. The molecule has 3 heterocycles. The Balaban J connectivity index is 1.37. The average Bonchev–Trinajstić information content (AvgIpc) is 3.38. The second-order valence-corrected chi connectivity index (χ2v) is 10.00. The van der Waals surface area contributed by atoms with E-state index in [1.807, 2.05) is 0 Å². The number of amides is 2. The van der Waals surface area contributed by atoms with E-state index in [1.165, 1.54) is 10.9 Å². The summed E-state index contributed by atoms with van der Waals surface area (Å²) in [6.07, 6.45) is -6.95. The zero-order valence-corrected chi connectivity index (χ0v) is 20.8. The third-order valence-corrected chi connectivity index (χ3v) is 7.21. The SMILES string of the molecule is O=C1S/C(=C\c2ccc3c(cnn3Cc3ccc(C(F)(F)F)cc3C(F)(F)F)c2)C(=O)N1C[C@@H]1COCCN1. The summed E-state index contributed by atoms with van der Waals surface area (Å²) in [6, 6.07) is 6.21. The first-order chi connectivity index (χ1) is 18.4. The first-order valence-corrected chi connectivity index (χ1v) is 12.5. The van der Waals surface area contributed by atoms with E-state index in [-0.39, 0.29) is 29.1 Å². The molecule has 2 fully saturated rings. The molecule has 39 heavy (non-hydrogen) atoms. The maximum atomic E-state index is 13.6. The van der Waals surface area contributed by atoms with Gasteiger partial charge in [-0.25, -0.2) is 0 Å². The van der Waals surface area contributed by atoms with Gasteiger partial charge in [0, 0.05) is 24.5 Å². The van der Waals surface area contributed by atoms with Gasteiger partial charge in [0.1, 0.15) is 0 Å². The van der Waals surface area contributed by atoms with Gasteiger partial charge in [-0.2, -0.15) is 31.4 Å². The summed E-state index contributed by atoms with van der Waals surface area (Å²) in [6.45, 7) is 1.34. The Morgan fingerprint density at radius 1 is 1.08 bits per heavy atom. The van der Waals surface area contributed by atoms with E-state index in [0.29, 0.717) is 42.3 Å². The van der Waals surface area contributed by atoms with Gasteiger partial charge >= 0.3 is 12.4 Å². The monoisotopic (exact) mass is 570 g/mol. The van der Waals surface area contributed by atoms with Crippen LogP contribution in [-0.2, 0) is 28.4 Å². The lowest BCUT2D eigenvalue weighted by Gasteiger charge is -2.26. The molecule has 2 aromatic carbocycles. The number of carbonyl (C=O) groups is 2. The molecule has 0 saturated carbocycles. The molecule has 0 radical (unpaired) electrons. The number of hydrogen-bond acceptors (Lipinski definition) is 6. The fourth-order valence-electron chi connectivity index (χ4n) is 4.40. The number of halogens is 6. The Hall–Kier alpha value is -3.36. The zero-order valence-electron chi connectivity index (χ0n) is 20.0. The van der Waals surface area contributed by atoms with Gasteiger partial charge < -0.3 is 10.1 Å². The van der Waals surface area contributed by atoms with Crippen LogP contribution in [0.3, 0.4) is 0 Å². The fraction of sp³-hybridized carbons (Fsp3) is 0.320. The lowest BCUT2D eigenvalue weighted by Crippen LogP contribution is -2.49. The molecule has 2 amide bonds. The number of benzene rings is 2. The van der Waals surface area contributed by atoms with E-state index in [1.54, 1.807) is 24.3 Å². The zero-order chi connectivity index (χ0) is 27.9. The molecule has 7 nitrogen and oxygen atoms in total. The third-order valence-electron chi connectivity index (χ3n) is 6.30. The number of morpholine rings is 1. The van der Waals surface area contributed by atoms with Gasteiger partial charge in [-0.15, -0.1) is 0 Å². The highest BCUT2D eigenvalue weighted by Crippen LogP contribution is 2.38. The van der Waals surface area contributed by atoms with Crippen LogP contribution in [0.15, 0.2) is 47.5 Å². The van der Waals surface area contributed by atoms with Crippen LogP contribution in [0.5, 0.6) is 0 Å². The molecule has 1 aromatic heterocycles. The highest BCUT2D eigenvalue weighted by molar-refractivity contribution is 8.18. The lowest BCUT2D eigenvalue weighted by molar-refractivity contribution is -0.143. The van der Waals surface area contributed by atoms with Gasteiger partial charge in [0.2, 0.25) is 0 Å². The number of aromatic nitrogens is 2. The normalized spacial score (nSPS) is 20.0. The van der Waals surface area contributed by atoms with Crippen LogP contribution >= 0.6 is 11.8 Å². The van der Waals surface area contributed by atoms with Crippen molar-refractivity contribution in [2.45, 2.75) is 24.9 Å². The standard InChI is InChI=1S/C25H20F6N4O3S/c26-24(27,28)17-3-2-15(19(9-17)25(29,30)31)11-35-20-4-1-14(7-16(20)10-33-35)8-21-22(36)34(23(37)39-21)12-18-13-38-6-5-32-18/h1-4,7-10,18,32H,5-6,11-13H2/b21-8-/t18-/m1/s1. The first kappa shape index (κ1) is 27.2. The van der Waals surface area contributed by atoms with Crippen LogP contribution in [0.2, 0.25) is 0 Å². The Bertz CT molecular complexity index is 1460. The van der Waals surface area contributed by atoms with Gasteiger partial charge in [0.05, 0.1) is 47.5 Å². The van der Waals surface area contributed by atoms with E-state index >= 15 is 0 Å². The molecule has 3 aromatic rings. The van der Waals surface area contributed by atoms with Crippen molar-refractivity contribution >= 4 is 39.9 Å². The molecule has 14 heteroatoms. The van der Waals surface area contributed by atoms with Crippen molar-refractivity contribution in [3.63, 3.8) is 0 Å². The number of alkyl halides is 6. The number of rotatable bonds is 5. The van der Waals surface area contributed by atoms with Crippen molar-refractivity contribution in [2.75, 3.05) is 26.3 Å². The fourth-order valence-corrected chi connectivity index (χ4v) is 5.25. The van der Waals surface area contributed by atoms with E-state index in [2.05, 4.69) is 10.4 Å². The smallest absolute Gasteiger partial charge is 0.378 e. The van der Waals surface area contributed by atoms with Crippen molar-refractivity contribution in [2.24, 2.45) is 0 Å². The van der Waals surface area contributed by atoms with E-state index < -0.39 is 41.2 Å². The number of ether oxygens (including phenoxy) is 1. The van der Waals surface area contributed by atoms with Gasteiger partial charge in [-0.1, -0.05) is 12.1 Å². The van der Waals surface area contributed by atoms with Gasteiger partial charge in [0.15, 0.2) is 0 Å². The van der Waals surface area contributed by atoms with Crippen LogP contribution in [0.4, 0.5) is 31.1 Å². The van der Waals surface area contributed by atoms with Gasteiger partial charge in [-0.3, -0.25) is 19.2 Å². The van der Waals surface area contributed by atoms with Gasteiger partial charge in [-0.05, 0) is 53.2 Å². The minimum absolute atomic E-state index is 0.101. The minimum Gasteiger partial charge on any atom is -0.378 e. The third kappa shape index (κ3) is 5.82. The average molecular weight is 571 g/mol.